The Morgan fingerprint density at radius 3 is 2.82 bits per heavy atom. The molecule has 0 bridgehead atoms. The molecule has 8 nitrogen and oxygen atoms in total. The third kappa shape index (κ3) is 2.58. The summed E-state index contributed by atoms with van der Waals surface area (Å²) in [6.45, 7) is 0.213. The minimum atomic E-state index is -0.493. The molecule has 0 aliphatic carbocycles. The lowest BCUT2D eigenvalue weighted by Crippen LogP contribution is -2.33. The summed E-state index contributed by atoms with van der Waals surface area (Å²) in [7, 11) is 3.04. The largest absolute Gasteiger partial charge is 0.454 e. The zero-order valence-electron chi connectivity index (χ0n) is 12.1. The Hall–Kier alpha value is -3.03. The van der Waals surface area contributed by atoms with E-state index in [1.165, 1.54) is 18.1 Å². The second-order valence-electron chi connectivity index (χ2n) is 4.74. The van der Waals surface area contributed by atoms with Crippen molar-refractivity contribution < 1.29 is 9.47 Å². The molecule has 1 aliphatic heterocycles. The molecule has 1 aromatic carbocycles. The SMILES string of the molecule is CN(/N=C\c1ccc2c(c1)OCO2)c1cc(=O)n(C)c(=O)[nH]1. The summed E-state index contributed by atoms with van der Waals surface area (Å²) >= 11 is 0. The van der Waals surface area contributed by atoms with Gasteiger partial charge in [-0.1, -0.05) is 0 Å². The van der Waals surface area contributed by atoms with Crippen molar-refractivity contribution in [3.05, 3.63) is 50.7 Å². The van der Waals surface area contributed by atoms with Crippen LogP contribution in [-0.2, 0) is 7.05 Å². The Labute approximate surface area is 125 Å². The molecule has 114 valence electrons. The first-order valence-corrected chi connectivity index (χ1v) is 6.52. The van der Waals surface area contributed by atoms with Crippen LogP contribution in [0.1, 0.15) is 5.56 Å². The molecule has 0 radical (unpaired) electrons. The van der Waals surface area contributed by atoms with Gasteiger partial charge in [0.2, 0.25) is 6.79 Å². The van der Waals surface area contributed by atoms with Crippen LogP contribution >= 0.6 is 0 Å². The van der Waals surface area contributed by atoms with E-state index in [4.69, 9.17) is 9.47 Å². The summed E-state index contributed by atoms with van der Waals surface area (Å²) in [6, 6.07) is 6.73. The maximum Gasteiger partial charge on any atom is 0.329 e. The lowest BCUT2D eigenvalue weighted by Gasteiger charge is -2.12. The predicted octanol–water partition coefficient (Wildman–Crippen LogP) is 0.273. The van der Waals surface area contributed by atoms with Gasteiger partial charge in [-0.3, -0.25) is 19.4 Å². The fourth-order valence-corrected chi connectivity index (χ4v) is 1.93. The van der Waals surface area contributed by atoms with E-state index >= 15 is 0 Å². The Morgan fingerprint density at radius 1 is 1.27 bits per heavy atom. The molecule has 0 atom stereocenters. The van der Waals surface area contributed by atoms with Gasteiger partial charge in [-0.15, -0.1) is 0 Å². The van der Waals surface area contributed by atoms with E-state index in [0.717, 1.165) is 10.1 Å². The van der Waals surface area contributed by atoms with Crippen molar-refractivity contribution in [2.24, 2.45) is 12.1 Å². The lowest BCUT2D eigenvalue weighted by molar-refractivity contribution is 0.174. The molecule has 8 heteroatoms. The van der Waals surface area contributed by atoms with E-state index in [-0.39, 0.29) is 6.79 Å². The van der Waals surface area contributed by atoms with Crippen LogP contribution in [0.15, 0.2) is 39.0 Å². The highest BCUT2D eigenvalue weighted by Crippen LogP contribution is 2.31. The van der Waals surface area contributed by atoms with E-state index in [1.54, 1.807) is 25.4 Å². The molecule has 1 aliphatic rings. The van der Waals surface area contributed by atoms with Gasteiger partial charge < -0.3 is 9.47 Å². The number of aromatic amines is 1. The minimum Gasteiger partial charge on any atom is -0.454 e. The number of rotatable bonds is 3. The van der Waals surface area contributed by atoms with Crippen molar-refractivity contribution in [2.75, 3.05) is 18.8 Å². The number of aromatic nitrogens is 2. The molecule has 0 saturated heterocycles. The van der Waals surface area contributed by atoms with E-state index in [1.807, 2.05) is 6.07 Å². The van der Waals surface area contributed by atoms with Crippen molar-refractivity contribution in [1.29, 1.82) is 0 Å². The van der Waals surface area contributed by atoms with Gasteiger partial charge in [-0.25, -0.2) is 4.79 Å². The summed E-state index contributed by atoms with van der Waals surface area (Å²) in [4.78, 5) is 25.7. The number of nitrogens with zero attached hydrogens (tertiary/aromatic N) is 3. The highest BCUT2D eigenvalue weighted by atomic mass is 16.7. The van der Waals surface area contributed by atoms with Gasteiger partial charge >= 0.3 is 5.69 Å². The average Bonchev–Trinajstić information content (AvgIpc) is 2.97. The molecule has 0 spiro atoms. The molecule has 3 rings (SSSR count). The minimum absolute atomic E-state index is 0.213. The van der Waals surface area contributed by atoms with Crippen LogP contribution in [0.3, 0.4) is 0 Å². The number of anilines is 1. The quantitative estimate of drug-likeness (QED) is 0.649. The number of H-pyrrole nitrogens is 1. The maximum atomic E-state index is 11.6. The molecule has 0 amide bonds. The molecule has 1 aromatic heterocycles. The Bertz CT molecular complexity index is 821. The van der Waals surface area contributed by atoms with Crippen molar-refractivity contribution in [2.45, 2.75) is 0 Å². The van der Waals surface area contributed by atoms with Crippen LogP contribution in [0, 0.1) is 0 Å². The smallest absolute Gasteiger partial charge is 0.329 e. The van der Waals surface area contributed by atoms with Gasteiger partial charge in [-0.2, -0.15) is 5.10 Å². The van der Waals surface area contributed by atoms with Gasteiger partial charge in [0, 0.05) is 20.2 Å². The van der Waals surface area contributed by atoms with Crippen molar-refractivity contribution >= 4 is 12.0 Å². The van der Waals surface area contributed by atoms with E-state index in [9.17, 15) is 9.59 Å². The molecule has 0 unspecified atom stereocenters. The molecular formula is C14H14N4O4. The number of nitrogens with one attached hydrogen (secondary N) is 1. The second kappa shape index (κ2) is 5.40. The monoisotopic (exact) mass is 302 g/mol. The first kappa shape index (κ1) is 13.9. The predicted molar refractivity (Wildman–Crippen MR) is 80.9 cm³/mol. The highest BCUT2D eigenvalue weighted by molar-refractivity contribution is 5.81. The topological polar surface area (TPSA) is 88.9 Å². The van der Waals surface area contributed by atoms with Gasteiger partial charge in [0.15, 0.2) is 11.5 Å². The summed E-state index contributed by atoms with van der Waals surface area (Å²) in [5, 5.41) is 5.61. The normalized spacial score (nSPS) is 12.8. The average molecular weight is 302 g/mol. The summed E-state index contributed by atoms with van der Waals surface area (Å²) < 4.78 is 11.5. The molecular weight excluding hydrogens is 288 g/mol. The summed E-state index contributed by atoms with van der Waals surface area (Å²) in [5.41, 5.74) is -0.0845. The van der Waals surface area contributed by atoms with E-state index in [0.29, 0.717) is 17.3 Å². The zero-order valence-corrected chi connectivity index (χ0v) is 12.1. The number of benzene rings is 1. The number of hydrogen-bond donors (Lipinski definition) is 1. The Morgan fingerprint density at radius 2 is 2.05 bits per heavy atom. The molecule has 2 aromatic rings. The lowest BCUT2D eigenvalue weighted by atomic mass is 10.2. The van der Waals surface area contributed by atoms with Crippen molar-refractivity contribution in [3.8, 4) is 11.5 Å². The van der Waals surface area contributed by atoms with Crippen LogP contribution in [0.5, 0.6) is 11.5 Å². The van der Waals surface area contributed by atoms with E-state index in [2.05, 4.69) is 10.1 Å². The fraction of sp³-hybridized carbons (Fsp3) is 0.214. The van der Waals surface area contributed by atoms with Crippen molar-refractivity contribution in [1.82, 2.24) is 9.55 Å². The maximum absolute atomic E-state index is 11.6. The Balaban J connectivity index is 1.83. The van der Waals surface area contributed by atoms with Gasteiger partial charge in [0.05, 0.1) is 6.21 Å². The Kier molecular flexibility index (Phi) is 3.42. The summed E-state index contributed by atoms with van der Waals surface area (Å²) in [6.07, 6.45) is 1.59. The number of ether oxygens (including phenoxy) is 2. The van der Waals surface area contributed by atoms with Crippen molar-refractivity contribution in [3.63, 3.8) is 0 Å². The van der Waals surface area contributed by atoms with E-state index < -0.39 is 11.2 Å². The molecule has 1 N–H and O–H groups in total. The number of fused-ring (bicyclic) bond motifs is 1. The third-order valence-electron chi connectivity index (χ3n) is 3.26. The molecule has 2 heterocycles. The highest BCUT2D eigenvalue weighted by Gasteiger charge is 2.12. The van der Waals surface area contributed by atoms with Crippen LogP contribution in [0.25, 0.3) is 0 Å². The zero-order chi connectivity index (χ0) is 15.7. The van der Waals surface area contributed by atoms with Crippen LogP contribution in [0.4, 0.5) is 5.82 Å². The number of hydrazone groups is 1. The summed E-state index contributed by atoms with van der Waals surface area (Å²) in [5.74, 6) is 1.67. The second-order valence-corrected chi connectivity index (χ2v) is 4.74. The first-order chi connectivity index (χ1) is 10.5. The first-order valence-electron chi connectivity index (χ1n) is 6.52. The number of hydrogen-bond acceptors (Lipinski definition) is 6. The molecule has 0 fully saturated rings. The van der Waals surface area contributed by atoms with Crippen LogP contribution < -0.4 is 25.7 Å². The fourth-order valence-electron chi connectivity index (χ4n) is 1.93. The van der Waals surface area contributed by atoms with Gasteiger partial charge in [-0.05, 0) is 23.8 Å². The molecule has 22 heavy (non-hydrogen) atoms. The van der Waals surface area contributed by atoms with Gasteiger partial charge in [0.1, 0.15) is 5.82 Å². The molecule has 0 saturated carbocycles. The van der Waals surface area contributed by atoms with Gasteiger partial charge in [0.25, 0.3) is 5.56 Å². The van der Waals surface area contributed by atoms with Crippen LogP contribution in [-0.4, -0.2) is 29.6 Å². The third-order valence-corrected chi connectivity index (χ3v) is 3.26. The standard InChI is InChI=1S/C14H14N4O4/c1-17-13(19)6-12(16-14(17)20)18(2)15-7-9-3-4-10-11(5-9)22-8-21-10/h3-7H,8H2,1-2H3,(H,16,20)/b15-7-. The van der Waals surface area contributed by atoms with Crippen LogP contribution in [0.2, 0.25) is 0 Å².